The topological polar surface area (TPSA) is 51.2 Å². The third kappa shape index (κ3) is 4.21. The summed E-state index contributed by atoms with van der Waals surface area (Å²) < 4.78 is 6.59. The fourth-order valence-electron chi connectivity index (χ4n) is 2.99. The molecule has 0 fully saturated rings. The van der Waals surface area contributed by atoms with Gasteiger partial charge in [0.25, 0.3) is 0 Å². The minimum atomic E-state index is -0.0504. The fraction of sp³-hybridized carbons (Fsp3) is 0.130. The molecule has 0 bridgehead atoms. The van der Waals surface area contributed by atoms with Crippen molar-refractivity contribution in [1.29, 1.82) is 0 Å². The van der Waals surface area contributed by atoms with E-state index in [0.717, 1.165) is 37.8 Å². The molecule has 1 aromatic heterocycles. The summed E-state index contributed by atoms with van der Waals surface area (Å²) in [6.45, 7) is 2.58. The summed E-state index contributed by atoms with van der Waals surface area (Å²) in [6.07, 6.45) is 0.317. The predicted molar refractivity (Wildman–Crippen MR) is 115 cm³/mol. The third-order valence-electron chi connectivity index (χ3n) is 4.29. The molecule has 0 aliphatic carbocycles. The highest BCUT2D eigenvalue weighted by molar-refractivity contribution is 7.21. The third-order valence-corrected chi connectivity index (χ3v) is 5.37. The van der Waals surface area contributed by atoms with Gasteiger partial charge in [-0.15, -0.1) is 11.3 Å². The van der Waals surface area contributed by atoms with Crippen LogP contribution in [0.1, 0.15) is 12.5 Å². The maximum absolute atomic E-state index is 12.4. The molecule has 0 aliphatic heterocycles. The van der Waals surface area contributed by atoms with Crippen LogP contribution in [0.3, 0.4) is 0 Å². The highest BCUT2D eigenvalue weighted by Crippen LogP contribution is 2.31. The lowest BCUT2D eigenvalue weighted by Gasteiger charge is -2.08. The lowest BCUT2D eigenvalue weighted by atomic mass is 10.1. The van der Waals surface area contributed by atoms with Crippen LogP contribution in [0.5, 0.6) is 5.75 Å². The molecular formula is C23H20N2O2S. The first kappa shape index (κ1) is 18.2. The van der Waals surface area contributed by atoms with E-state index in [0.29, 0.717) is 13.0 Å². The van der Waals surface area contributed by atoms with Gasteiger partial charge in [-0.25, -0.2) is 4.98 Å². The molecular weight excluding hydrogens is 368 g/mol. The van der Waals surface area contributed by atoms with Crippen LogP contribution in [0.25, 0.3) is 20.8 Å². The van der Waals surface area contributed by atoms with Crippen LogP contribution >= 0.6 is 11.3 Å². The number of amides is 1. The number of carbonyl (C=O) groups excluding carboxylic acids is 1. The molecule has 0 unspecified atom stereocenters. The van der Waals surface area contributed by atoms with E-state index >= 15 is 0 Å². The standard InChI is InChI=1S/C23H20N2O2S/c1-2-27-19-12-10-16(11-13-19)14-22(26)24-18-7-5-6-17(15-18)23-25-20-8-3-4-9-21(20)28-23/h3-13,15H,2,14H2,1H3,(H,24,26). The molecule has 1 N–H and O–H groups in total. The van der Waals surface area contributed by atoms with Crippen LogP contribution in [-0.4, -0.2) is 17.5 Å². The highest BCUT2D eigenvalue weighted by atomic mass is 32.1. The number of para-hydroxylation sites is 1. The molecule has 0 atom stereocenters. The number of benzene rings is 3. The van der Waals surface area contributed by atoms with E-state index in [1.54, 1.807) is 11.3 Å². The first-order valence-electron chi connectivity index (χ1n) is 9.19. The van der Waals surface area contributed by atoms with Gasteiger partial charge in [0, 0.05) is 11.3 Å². The number of nitrogens with one attached hydrogen (secondary N) is 1. The number of anilines is 1. The van der Waals surface area contributed by atoms with Crippen LogP contribution in [0.2, 0.25) is 0 Å². The molecule has 4 nitrogen and oxygen atoms in total. The Kier molecular flexibility index (Phi) is 5.35. The lowest BCUT2D eigenvalue weighted by Crippen LogP contribution is -2.14. The Hall–Kier alpha value is -3.18. The number of nitrogens with zero attached hydrogens (tertiary/aromatic N) is 1. The van der Waals surface area contributed by atoms with Gasteiger partial charge >= 0.3 is 0 Å². The average Bonchev–Trinajstić information content (AvgIpc) is 3.14. The van der Waals surface area contributed by atoms with Crippen molar-refractivity contribution in [1.82, 2.24) is 4.98 Å². The Labute approximate surface area is 167 Å². The Morgan fingerprint density at radius 3 is 2.64 bits per heavy atom. The number of hydrogen-bond acceptors (Lipinski definition) is 4. The molecule has 0 radical (unpaired) electrons. The van der Waals surface area contributed by atoms with E-state index in [-0.39, 0.29) is 5.91 Å². The number of hydrogen-bond donors (Lipinski definition) is 1. The highest BCUT2D eigenvalue weighted by Gasteiger charge is 2.09. The summed E-state index contributed by atoms with van der Waals surface area (Å²) in [6, 6.07) is 23.5. The summed E-state index contributed by atoms with van der Waals surface area (Å²) in [5.41, 5.74) is 3.71. The van der Waals surface area contributed by atoms with Crippen molar-refractivity contribution in [2.45, 2.75) is 13.3 Å². The van der Waals surface area contributed by atoms with Crippen molar-refractivity contribution in [3.05, 3.63) is 78.4 Å². The zero-order chi connectivity index (χ0) is 19.3. The van der Waals surface area contributed by atoms with Gasteiger partial charge in [0.2, 0.25) is 5.91 Å². The molecule has 3 aromatic carbocycles. The number of carbonyl (C=O) groups is 1. The lowest BCUT2D eigenvalue weighted by molar-refractivity contribution is -0.115. The molecule has 28 heavy (non-hydrogen) atoms. The summed E-state index contributed by atoms with van der Waals surface area (Å²) >= 11 is 1.65. The minimum absolute atomic E-state index is 0.0504. The number of fused-ring (bicyclic) bond motifs is 1. The largest absolute Gasteiger partial charge is 0.494 e. The van der Waals surface area contributed by atoms with Crippen LogP contribution in [0.15, 0.2) is 72.8 Å². The van der Waals surface area contributed by atoms with Gasteiger partial charge in [-0.2, -0.15) is 0 Å². The molecule has 0 saturated heterocycles. The van der Waals surface area contributed by atoms with Gasteiger partial charge in [-0.05, 0) is 48.9 Å². The fourth-order valence-corrected chi connectivity index (χ4v) is 3.95. The maximum Gasteiger partial charge on any atom is 0.228 e. The molecule has 0 aliphatic rings. The Balaban J connectivity index is 1.46. The number of thiazole rings is 1. The average molecular weight is 388 g/mol. The van der Waals surface area contributed by atoms with Crippen LogP contribution in [-0.2, 0) is 11.2 Å². The summed E-state index contributed by atoms with van der Waals surface area (Å²) in [7, 11) is 0. The normalized spacial score (nSPS) is 10.8. The second-order valence-electron chi connectivity index (χ2n) is 6.37. The molecule has 0 saturated carbocycles. The van der Waals surface area contributed by atoms with Gasteiger partial charge in [0.15, 0.2) is 0 Å². The van der Waals surface area contributed by atoms with E-state index in [9.17, 15) is 4.79 Å². The van der Waals surface area contributed by atoms with Crippen molar-refractivity contribution in [3.63, 3.8) is 0 Å². The maximum atomic E-state index is 12.4. The smallest absolute Gasteiger partial charge is 0.228 e. The summed E-state index contributed by atoms with van der Waals surface area (Å²) in [4.78, 5) is 17.1. The molecule has 4 aromatic rings. The Morgan fingerprint density at radius 1 is 1.04 bits per heavy atom. The zero-order valence-electron chi connectivity index (χ0n) is 15.5. The first-order valence-corrected chi connectivity index (χ1v) is 10.0. The first-order chi connectivity index (χ1) is 13.7. The SMILES string of the molecule is CCOc1ccc(CC(=O)Nc2cccc(-c3nc4ccccc4s3)c2)cc1. The van der Waals surface area contributed by atoms with Crippen molar-refractivity contribution < 1.29 is 9.53 Å². The van der Waals surface area contributed by atoms with Crippen LogP contribution < -0.4 is 10.1 Å². The van der Waals surface area contributed by atoms with E-state index in [4.69, 9.17) is 4.74 Å². The molecule has 1 heterocycles. The van der Waals surface area contributed by atoms with Gasteiger partial charge in [-0.1, -0.05) is 36.4 Å². The van der Waals surface area contributed by atoms with Crippen molar-refractivity contribution >= 4 is 33.1 Å². The van der Waals surface area contributed by atoms with E-state index in [1.807, 2.05) is 73.7 Å². The summed E-state index contributed by atoms with van der Waals surface area (Å²) in [5, 5.41) is 3.93. The van der Waals surface area contributed by atoms with E-state index in [2.05, 4.69) is 16.4 Å². The minimum Gasteiger partial charge on any atom is -0.494 e. The van der Waals surface area contributed by atoms with Crippen LogP contribution in [0.4, 0.5) is 5.69 Å². The second kappa shape index (κ2) is 8.23. The predicted octanol–water partition coefficient (Wildman–Crippen LogP) is 5.54. The van der Waals surface area contributed by atoms with E-state index in [1.165, 1.54) is 0 Å². The van der Waals surface area contributed by atoms with Crippen molar-refractivity contribution in [2.24, 2.45) is 0 Å². The molecule has 0 spiro atoms. The van der Waals surface area contributed by atoms with Gasteiger partial charge in [0.05, 0.1) is 23.2 Å². The second-order valence-corrected chi connectivity index (χ2v) is 7.40. The van der Waals surface area contributed by atoms with Crippen molar-refractivity contribution in [2.75, 3.05) is 11.9 Å². The Morgan fingerprint density at radius 2 is 1.86 bits per heavy atom. The van der Waals surface area contributed by atoms with E-state index < -0.39 is 0 Å². The molecule has 4 rings (SSSR count). The number of rotatable bonds is 6. The van der Waals surface area contributed by atoms with Gasteiger partial charge in [-0.3, -0.25) is 4.79 Å². The molecule has 5 heteroatoms. The summed E-state index contributed by atoms with van der Waals surface area (Å²) in [5.74, 6) is 0.765. The molecule has 140 valence electrons. The van der Waals surface area contributed by atoms with Crippen molar-refractivity contribution in [3.8, 4) is 16.3 Å². The van der Waals surface area contributed by atoms with Gasteiger partial charge < -0.3 is 10.1 Å². The van der Waals surface area contributed by atoms with Gasteiger partial charge in [0.1, 0.15) is 10.8 Å². The quantitative estimate of drug-likeness (QED) is 0.472. The molecule has 1 amide bonds. The zero-order valence-corrected chi connectivity index (χ0v) is 16.3. The Bertz CT molecular complexity index is 1070. The van der Waals surface area contributed by atoms with Crippen LogP contribution in [0, 0.1) is 0 Å². The monoisotopic (exact) mass is 388 g/mol. The number of aromatic nitrogens is 1. The number of ether oxygens (including phenoxy) is 1.